The molecule has 0 rings (SSSR count). The van der Waals surface area contributed by atoms with Crippen LogP contribution in [0.4, 0.5) is 0 Å². The number of hydrogen-bond donors (Lipinski definition) is 2. The zero-order valence-corrected chi connectivity index (χ0v) is 6.35. The van der Waals surface area contributed by atoms with E-state index in [1.54, 1.807) is 0 Å². The maximum Gasteiger partial charge on any atom is 0.226 e. The molecule has 0 aromatic rings. The van der Waals surface area contributed by atoms with Crippen LogP contribution in [-0.4, -0.2) is 18.9 Å². The number of nitrogens with zero attached hydrogens (tertiary/aromatic N) is 1. The van der Waals surface area contributed by atoms with Crippen LogP contribution in [0.2, 0.25) is 0 Å². The van der Waals surface area contributed by atoms with Crippen LogP contribution in [0.1, 0.15) is 19.8 Å². The van der Waals surface area contributed by atoms with Crippen molar-refractivity contribution in [2.75, 3.05) is 7.05 Å². The third-order valence-electron chi connectivity index (χ3n) is 0.985. The van der Waals surface area contributed by atoms with Gasteiger partial charge in [-0.25, -0.2) is 0 Å². The topological polar surface area (TPSA) is 67.5 Å². The Labute approximate surface area is 60.5 Å². The van der Waals surface area contributed by atoms with Crippen molar-refractivity contribution in [3.05, 3.63) is 0 Å². The molecule has 4 nitrogen and oxygen atoms in total. The molecule has 1 amide bonds. The summed E-state index contributed by atoms with van der Waals surface area (Å²) < 4.78 is 0. The first kappa shape index (κ1) is 8.94. The Bertz CT molecular complexity index is 142. The number of nitrogens with two attached hydrogens (primary N) is 1. The first-order valence-corrected chi connectivity index (χ1v) is 3.22. The molecule has 0 unspecified atom stereocenters. The molecule has 10 heavy (non-hydrogen) atoms. The Hall–Kier alpha value is -1.06. The second-order valence-electron chi connectivity index (χ2n) is 1.91. The van der Waals surface area contributed by atoms with E-state index in [4.69, 9.17) is 5.73 Å². The van der Waals surface area contributed by atoms with E-state index in [1.807, 2.05) is 6.92 Å². The second kappa shape index (κ2) is 4.78. The number of nitrogens with one attached hydrogen (secondary N) is 1. The Morgan fingerprint density at radius 2 is 2.30 bits per heavy atom. The first-order valence-electron chi connectivity index (χ1n) is 3.22. The van der Waals surface area contributed by atoms with E-state index < -0.39 is 0 Å². The fraction of sp³-hybridized carbons (Fsp3) is 0.667. The van der Waals surface area contributed by atoms with E-state index in [1.165, 1.54) is 7.05 Å². The van der Waals surface area contributed by atoms with Crippen LogP contribution in [-0.2, 0) is 4.79 Å². The SMILES string of the molecule is CCCC(=O)NC(N)=NC. The highest BCUT2D eigenvalue weighted by Gasteiger charge is 1.98. The minimum Gasteiger partial charge on any atom is -0.370 e. The number of carbonyl (C=O) groups excluding carboxylic acids is 1. The van der Waals surface area contributed by atoms with Crippen LogP contribution < -0.4 is 11.1 Å². The normalized spacial score (nSPS) is 11.2. The molecule has 0 aromatic heterocycles. The molecular weight excluding hydrogens is 130 g/mol. The molecular formula is C6H13N3O. The summed E-state index contributed by atoms with van der Waals surface area (Å²) in [7, 11) is 1.53. The fourth-order valence-electron chi connectivity index (χ4n) is 0.488. The standard InChI is InChI=1S/C6H13N3O/c1-3-4-5(10)9-6(7)8-2/h3-4H2,1-2H3,(H3,7,8,9,10). The summed E-state index contributed by atoms with van der Waals surface area (Å²) in [6.07, 6.45) is 1.32. The van der Waals surface area contributed by atoms with E-state index >= 15 is 0 Å². The Kier molecular flexibility index (Phi) is 4.28. The van der Waals surface area contributed by atoms with Gasteiger partial charge in [-0.1, -0.05) is 6.92 Å². The molecule has 0 radical (unpaired) electrons. The van der Waals surface area contributed by atoms with Crippen LogP contribution in [0.25, 0.3) is 0 Å². The van der Waals surface area contributed by atoms with Gasteiger partial charge in [0, 0.05) is 13.5 Å². The maximum atomic E-state index is 10.7. The van der Waals surface area contributed by atoms with Crippen molar-refractivity contribution >= 4 is 11.9 Å². The number of aliphatic imine (C=N–C) groups is 1. The summed E-state index contributed by atoms with van der Waals surface area (Å²) in [6, 6.07) is 0. The largest absolute Gasteiger partial charge is 0.370 e. The summed E-state index contributed by atoms with van der Waals surface area (Å²) >= 11 is 0. The summed E-state index contributed by atoms with van der Waals surface area (Å²) in [4.78, 5) is 14.3. The molecule has 0 aliphatic heterocycles. The van der Waals surface area contributed by atoms with E-state index in [0.29, 0.717) is 6.42 Å². The predicted octanol–water partition coefficient (Wildman–Crippen LogP) is -0.153. The van der Waals surface area contributed by atoms with Gasteiger partial charge in [0.15, 0.2) is 5.96 Å². The van der Waals surface area contributed by atoms with E-state index in [2.05, 4.69) is 10.3 Å². The van der Waals surface area contributed by atoms with Crippen LogP contribution in [0.5, 0.6) is 0 Å². The quantitative estimate of drug-likeness (QED) is 0.417. The number of guanidine groups is 1. The molecule has 0 atom stereocenters. The minimum absolute atomic E-state index is 0.0781. The van der Waals surface area contributed by atoms with Gasteiger partial charge in [0.05, 0.1) is 0 Å². The molecule has 3 N–H and O–H groups in total. The van der Waals surface area contributed by atoms with Gasteiger partial charge in [0.1, 0.15) is 0 Å². The highest BCUT2D eigenvalue weighted by atomic mass is 16.1. The predicted molar refractivity (Wildman–Crippen MR) is 40.6 cm³/mol. The molecule has 0 fully saturated rings. The van der Waals surface area contributed by atoms with Gasteiger partial charge in [0.2, 0.25) is 5.91 Å². The molecule has 4 heteroatoms. The number of carbonyl (C=O) groups is 1. The van der Waals surface area contributed by atoms with Crippen molar-refractivity contribution in [1.82, 2.24) is 5.32 Å². The lowest BCUT2D eigenvalue weighted by molar-refractivity contribution is -0.119. The average Bonchev–Trinajstić information content (AvgIpc) is 1.88. The monoisotopic (exact) mass is 143 g/mol. The molecule has 0 heterocycles. The Morgan fingerprint density at radius 1 is 1.70 bits per heavy atom. The van der Waals surface area contributed by atoms with Crippen LogP contribution in [0.15, 0.2) is 4.99 Å². The van der Waals surface area contributed by atoms with Crippen molar-refractivity contribution in [2.45, 2.75) is 19.8 Å². The lowest BCUT2D eigenvalue weighted by Gasteiger charge is -2.00. The van der Waals surface area contributed by atoms with E-state index in [0.717, 1.165) is 6.42 Å². The highest BCUT2D eigenvalue weighted by molar-refractivity contribution is 5.95. The van der Waals surface area contributed by atoms with Crippen LogP contribution in [0.3, 0.4) is 0 Å². The average molecular weight is 143 g/mol. The fourth-order valence-corrected chi connectivity index (χ4v) is 0.488. The van der Waals surface area contributed by atoms with Crippen LogP contribution in [0, 0.1) is 0 Å². The molecule has 58 valence electrons. The molecule has 0 saturated heterocycles. The molecule has 0 aliphatic carbocycles. The van der Waals surface area contributed by atoms with Crippen molar-refractivity contribution in [2.24, 2.45) is 10.7 Å². The number of amides is 1. The molecule has 0 bridgehead atoms. The summed E-state index contributed by atoms with van der Waals surface area (Å²) in [5.41, 5.74) is 5.22. The van der Waals surface area contributed by atoms with Gasteiger partial charge < -0.3 is 5.73 Å². The zero-order valence-electron chi connectivity index (χ0n) is 6.35. The zero-order chi connectivity index (χ0) is 7.98. The van der Waals surface area contributed by atoms with Gasteiger partial charge in [-0.15, -0.1) is 0 Å². The summed E-state index contributed by atoms with van der Waals surface area (Å²) in [5.74, 6) is 0.101. The summed E-state index contributed by atoms with van der Waals surface area (Å²) in [5, 5.41) is 2.42. The smallest absolute Gasteiger partial charge is 0.226 e. The third kappa shape index (κ3) is 3.88. The highest BCUT2D eigenvalue weighted by Crippen LogP contribution is 1.83. The van der Waals surface area contributed by atoms with Gasteiger partial charge in [0.25, 0.3) is 0 Å². The van der Waals surface area contributed by atoms with Gasteiger partial charge in [-0.05, 0) is 6.42 Å². The summed E-state index contributed by atoms with van der Waals surface area (Å²) in [6.45, 7) is 1.93. The van der Waals surface area contributed by atoms with Crippen molar-refractivity contribution in [3.63, 3.8) is 0 Å². The lowest BCUT2D eigenvalue weighted by atomic mass is 10.3. The molecule has 0 spiro atoms. The van der Waals surface area contributed by atoms with Crippen molar-refractivity contribution < 1.29 is 4.79 Å². The Balaban J connectivity index is 3.58. The molecule has 0 aliphatic rings. The number of rotatable bonds is 2. The lowest BCUT2D eigenvalue weighted by Crippen LogP contribution is -2.36. The third-order valence-corrected chi connectivity index (χ3v) is 0.985. The Morgan fingerprint density at radius 3 is 2.70 bits per heavy atom. The van der Waals surface area contributed by atoms with Crippen molar-refractivity contribution in [3.8, 4) is 0 Å². The van der Waals surface area contributed by atoms with Gasteiger partial charge >= 0.3 is 0 Å². The van der Waals surface area contributed by atoms with E-state index in [9.17, 15) is 4.79 Å². The van der Waals surface area contributed by atoms with Crippen LogP contribution >= 0.6 is 0 Å². The molecule has 0 aromatic carbocycles. The minimum atomic E-state index is -0.0781. The van der Waals surface area contributed by atoms with Gasteiger partial charge in [-0.2, -0.15) is 0 Å². The second-order valence-corrected chi connectivity index (χ2v) is 1.91. The van der Waals surface area contributed by atoms with Crippen molar-refractivity contribution in [1.29, 1.82) is 0 Å². The molecule has 0 saturated carbocycles. The maximum absolute atomic E-state index is 10.7. The number of hydrogen-bond acceptors (Lipinski definition) is 2. The van der Waals surface area contributed by atoms with Gasteiger partial charge in [-0.3, -0.25) is 15.1 Å². The first-order chi connectivity index (χ1) is 4.70. The van der Waals surface area contributed by atoms with E-state index in [-0.39, 0.29) is 11.9 Å².